The summed E-state index contributed by atoms with van der Waals surface area (Å²) in [7, 11) is 0. The van der Waals surface area contributed by atoms with Crippen LogP contribution in [-0.2, 0) is 0 Å². The number of nitrogens with zero attached hydrogens (tertiary/aromatic N) is 2. The lowest BCUT2D eigenvalue weighted by Crippen LogP contribution is -2.27. The van der Waals surface area contributed by atoms with E-state index in [2.05, 4.69) is 158 Å². The summed E-state index contributed by atoms with van der Waals surface area (Å²) in [5.74, 6) is 0. The monoisotopic (exact) mass is 930 g/mol. The van der Waals surface area contributed by atoms with Crippen molar-refractivity contribution in [2.24, 2.45) is 9.98 Å². The normalized spacial score (nSPS) is 15.5. The fourth-order valence-electron chi connectivity index (χ4n) is 10.1. The molecule has 0 aliphatic heterocycles. The highest BCUT2D eigenvalue weighted by Crippen LogP contribution is 2.45. The van der Waals surface area contributed by atoms with Gasteiger partial charge in [-0.1, -0.05) is 181 Å². The Hall–Kier alpha value is -6.26. The first-order valence-corrected chi connectivity index (χ1v) is 23.9. The molecule has 1 fully saturated rings. The fraction of sp³-hybridized carbons (Fsp3) is 0.100. The highest BCUT2D eigenvalue weighted by atomic mass is 35.5. The molecule has 2 nitrogen and oxygen atoms in total. The van der Waals surface area contributed by atoms with Gasteiger partial charge in [0.25, 0.3) is 0 Å². The van der Waals surface area contributed by atoms with Gasteiger partial charge in [0.15, 0.2) is 0 Å². The summed E-state index contributed by atoms with van der Waals surface area (Å²) in [6.07, 6.45) is 8.35. The average Bonchev–Trinajstić information content (AvgIpc) is 3.33. The van der Waals surface area contributed by atoms with Crippen molar-refractivity contribution in [1.29, 1.82) is 0 Å². The molecule has 0 heterocycles. The first kappa shape index (κ1) is 42.4. The Morgan fingerprint density at radius 2 is 0.712 bits per heavy atom. The Labute approximate surface area is 404 Å². The molecule has 0 unspecified atom stereocenters. The maximum atomic E-state index is 6.61. The van der Waals surface area contributed by atoms with Crippen LogP contribution >= 0.6 is 46.4 Å². The van der Waals surface area contributed by atoms with Crippen LogP contribution in [0.4, 0.5) is 0 Å². The molecule has 0 aromatic heterocycles. The zero-order chi connectivity index (χ0) is 44.7. The summed E-state index contributed by atoms with van der Waals surface area (Å²) < 4.78 is 0. The summed E-state index contributed by atoms with van der Waals surface area (Å²) in [6.45, 7) is 0. The zero-order valence-electron chi connectivity index (χ0n) is 35.9. The quantitative estimate of drug-likeness (QED) is 0.136. The van der Waals surface area contributed by atoms with E-state index >= 15 is 0 Å². The molecular weight excluding hydrogens is 890 g/mol. The Kier molecular flexibility index (Phi) is 11.7. The molecule has 1 aliphatic carbocycles. The number of hydrogen-bond donors (Lipinski definition) is 0. The molecule has 0 spiro atoms. The first-order chi connectivity index (χ1) is 32.3. The number of hydrogen-bond acceptors (Lipinski definition) is 2. The maximum Gasteiger partial charge on any atom is 0.0723 e. The Morgan fingerprint density at radius 1 is 0.348 bits per heavy atom. The van der Waals surface area contributed by atoms with Gasteiger partial charge in [0, 0.05) is 32.5 Å². The molecule has 10 aromatic carbocycles. The van der Waals surface area contributed by atoms with Gasteiger partial charge in [-0.05, 0) is 172 Å². The van der Waals surface area contributed by atoms with E-state index < -0.39 is 0 Å². The molecule has 0 amide bonds. The van der Waals surface area contributed by atoms with Crippen LogP contribution in [0.15, 0.2) is 192 Å². The average molecular weight is 933 g/mol. The lowest BCUT2D eigenvalue weighted by molar-refractivity contribution is 0.390. The summed E-state index contributed by atoms with van der Waals surface area (Å²) in [6, 6.07) is 63.8. The molecular formula is C60H42Cl4N2. The Morgan fingerprint density at radius 3 is 1.12 bits per heavy atom. The summed E-state index contributed by atoms with van der Waals surface area (Å²) in [5.41, 5.74) is 10.7. The number of rotatable bonds is 8. The molecule has 0 N–H and O–H groups in total. The van der Waals surface area contributed by atoms with E-state index in [9.17, 15) is 0 Å². The molecule has 6 heteroatoms. The number of fused-ring (bicyclic) bond motifs is 4. The Balaban J connectivity index is 0.983. The summed E-state index contributed by atoms with van der Waals surface area (Å²) in [5, 5.41) is 11.7. The second kappa shape index (κ2) is 18.2. The van der Waals surface area contributed by atoms with Crippen LogP contribution < -0.4 is 0 Å². The molecule has 11 rings (SSSR count). The van der Waals surface area contributed by atoms with E-state index in [1.54, 1.807) is 12.1 Å². The SMILES string of the molecule is Clc1cc(Cl)cc(-c2ccc3ccccc3c2-c2cc(C=N[C@H]3CCCC[C@@H]3N=Cc3cc(-c4c(-c5cc(Cl)cc(Cl)c5)ccc5ccccc45)c4ccccc4c3)cc3ccccc23)c1. The van der Waals surface area contributed by atoms with E-state index in [1.807, 2.05) is 24.3 Å². The van der Waals surface area contributed by atoms with Crippen LogP contribution in [0.25, 0.3) is 87.6 Å². The highest BCUT2D eigenvalue weighted by molar-refractivity contribution is 6.36. The molecule has 0 saturated heterocycles. The standard InChI is InChI=1S/C60H42Cl4N2/c61-45-29-43(30-46(62)33-45)53-23-21-39-11-1-7-17-51(39)59(53)55-27-37(25-41-13-3-5-15-49(41)55)35-65-57-19-9-10-20-58(57)66-36-38-26-42-14-4-6-16-50(42)56(28-38)60-52-18-8-2-12-40(52)22-24-54(60)44-31-47(63)34-48(64)32-44/h1-8,11-18,21-36,57-58H,9-10,19-20H2/t57-,58-/m0/s1. The number of halogens is 4. The van der Waals surface area contributed by atoms with Crippen molar-refractivity contribution in [3.05, 3.63) is 213 Å². The van der Waals surface area contributed by atoms with Crippen LogP contribution in [0.5, 0.6) is 0 Å². The maximum absolute atomic E-state index is 6.61. The number of benzene rings is 10. The summed E-state index contributed by atoms with van der Waals surface area (Å²) in [4.78, 5) is 10.7. The third-order valence-electron chi connectivity index (χ3n) is 13.0. The lowest BCUT2D eigenvalue weighted by Gasteiger charge is -2.25. The lowest BCUT2D eigenvalue weighted by atomic mass is 9.86. The fourth-order valence-corrected chi connectivity index (χ4v) is 11.1. The van der Waals surface area contributed by atoms with Gasteiger partial charge in [0.1, 0.15) is 0 Å². The van der Waals surface area contributed by atoms with Gasteiger partial charge in [-0.25, -0.2) is 0 Å². The minimum atomic E-state index is 0.0452. The predicted octanol–water partition coefficient (Wildman–Crippen LogP) is 18.4. The first-order valence-electron chi connectivity index (χ1n) is 22.4. The van der Waals surface area contributed by atoms with Crippen molar-refractivity contribution in [3.8, 4) is 44.5 Å². The van der Waals surface area contributed by atoms with Gasteiger partial charge in [-0.2, -0.15) is 0 Å². The van der Waals surface area contributed by atoms with Crippen molar-refractivity contribution in [1.82, 2.24) is 0 Å². The van der Waals surface area contributed by atoms with Crippen LogP contribution in [0.2, 0.25) is 20.1 Å². The van der Waals surface area contributed by atoms with Crippen LogP contribution in [0, 0.1) is 0 Å². The van der Waals surface area contributed by atoms with E-state index in [0.717, 1.165) is 114 Å². The predicted molar refractivity (Wildman–Crippen MR) is 286 cm³/mol. The molecule has 320 valence electrons. The zero-order valence-corrected chi connectivity index (χ0v) is 38.9. The van der Waals surface area contributed by atoms with Crippen molar-refractivity contribution >= 4 is 102 Å². The van der Waals surface area contributed by atoms with E-state index in [-0.39, 0.29) is 12.1 Å². The topological polar surface area (TPSA) is 24.7 Å². The molecule has 1 aliphatic rings. The highest BCUT2D eigenvalue weighted by Gasteiger charge is 2.24. The van der Waals surface area contributed by atoms with Crippen molar-refractivity contribution in [2.45, 2.75) is 37.8 Å². The van der Waals surface area contributed by atoms with Crippen molar-refractivity contribution in [2.75, 3.05) is 0 Å². The molecule has 1 saturated carbocycles. The van der Waals surface area contributed by atoms with Gasteiger partial charge >= 0.3 is 0 Å². The minimum absolute atomic E-state index is 0.0452. The number of aliphatic imine (C=N–C) groups is 2. The van der Waals surface area contributed by atoms with Crippen LogP contribution in [-0.4, -0.2) is 24.5 Å². The molecule has 66 heavy (non-hydrogen) atoms. The van der Waals surface area contributed by atoms with Gasteiger partial charge in [-0.15, -0.1) is 0 Å². The molecule has 2 atom stereocenters. The van der Waals surface area contributed by atoms with Crippen LogP contribution in [0.1, 0.15) is 36.8 Å². The van der Waals surface area contributed by atoms with E-state index in [1.165, 1.54) is 10.8 Å². The van der Waals surface area contributed by atoms with E-state index in [4.69, 9.17) is 56.4 Å². The van der Waals surface area contributed by atoms with Crippen LogP contribution in [0.3, 0.4) is 0 Å². The third kappa shape index (κ3) is 8.40. The van der Waals surface area contributed by atoms with Gasteiger partial charge < -0.3 is 0 Å². The van der Waals surface area contributed by atoms with Crippen molar-refractivity contribution < 1.29 is 0 Å². The Bertz CT molecular complexity index is 3300. The van der Waals surface area contributed by atoms with Gasteiger partial charge in [-0.3, -0.25) is 9.98 Å². The van der Waals surface area contributed by atoms with Crippen molar-refractivity contribution in [3.63, 3.8) is 0 Å². The molecule has 0 bridgehead atoms. The molecule has 10 aromatic rings. The molecule has 0 radical (unpaired) electrons. The minimum Gasteiger partial charge on any atom is -0.287 e. The van der Waals surface area contributed by atoms with Gasteiger partial charge in [0.2, 0.25) is 0 Å². The smallest absolute Gasteiger partial charge is 0.0723 e. The van der Waals surface area contributed by atoms with E-state index in [0.29, 0.717) is 20.1 Å². The second-order valence-corrected chi connectivity index (χ2v) is 19.0. The second-order valence-electron chi connectivity index (χ2n) is 17.3. The van der Waals surface area contributed by atoms with Gasteiger partial charge in [0.05, 0.1) is 12.1 Å². The third-order valence-corrected chi connectivity index (χ3v) is 13.9. The largest absolute Gasteiger partial charge is 0.287 e. The summed E-state index contributed by atoms with van der Waals surface area (Å²) >= 11 is 26.4.